The van der Waals surface area contributed by atoms with E-state index in [1.165, 1.54) is 16.7 Å². The second-order valence-electron chi connectivity index (χ2n) is 6.46. The Bertz CT molecular complexity index is 939. The predicted molar refractivity (Wildman–Crippen MR) is 105 cm³/mol. The monoisotopic (exact) mass is 380 g/mol. The van der Waals surface area contributed by atoms with Crippen molar-refractivity contribution in [3.8, 4) is 0 Å². The van der Waals surface area contributed by atoms with E-state index in [-0.39, 0.29) is 30.8 Å². The smallest absolute Gasteiger partial charge is 0.256 e. The van der Waals surface area contributed by atoms with Gasteiger partial charge >= 0.3 is 0 Å². The first-order valence-electron chi connectivity index (χ1n) is 8.67. The van der Waals surface area contributed by atoms with Gasteiger partial charge in [-0.15, -0.1) is 0 Å². The van der Waals surface area contributed by atoms with Crippen LogP contribution in [0.25, 0.3) is 0 Å². The Labute approximate surface area is 162 Å². The quantitative estimate of drug-likeness (QED) is 0.843. The third-order valence-corrected chi connectivity index (χ3v) is 4.24. The molecule has 3 rings (SSSR count). The summed E-state index contributed by atoms with van der Waals surface area (Å²) in [7, 11) is 1.55. The van der Waals surface area contributed by atoms with E-state index in [0.29, 0.717) is 22.6 Å². The van der Waals surface area contributed by atoms with E-state index < -0.39 is 5.91 Å². The molecule has 2 N–H and O–H groups in total. The molecule has 0 radical (unpaired) electrons. The zero-order valence-corrected chi connectivity index (χ0v) is 15.6. The molecule has 8 heteroatoms. The lowest BCUT2D eigenvalue weighted by Gasteiger charge is -2.21. The molecule has 1 heterocycles. The Balaban J connectivity index is 1.75. The number of anilines is 3. The normalized spacial score (nSPS) is 13.6. The summed E-state index contributed by atoms with van der Waals surface area (Å²) in [5.74, 6) is -1.18. The number of rotatable bonds is 4. The van der Waals surface area contributed by atoms with Gasteiger partial charge in [0.05, 0.1) is 11.3 Å². The van der Waals surface area contributed by atoms with Crippen molar-refractivity contribution in [1.82, 2.24) is 4.90 Å². The number of hydrogen-bond acceptors (Lipinski definition) is 4. The maximum atomic E-state index is 12.6. The Kier molecular flexibility index (Phi) is 5.39. The summed E-state index contributed by atoms with van der Waals surface area (Å²) < 4.78 is 0. The molecule has 0 spiro atoms. The number of benzene rings is 2. The Hall–Kier alpha value is -3.68. The van der Waals surface area contributed by atoms with Crippen LogP contribution in [0.3, 0.4) is 0 Å². The second-order valence-corrected chi connectivity index (χ2v) is 6.46. The summed E-state index contributed by atoms with van der Waals surface area (Å²) in [5.41, 5.74) is 1.94. The topological polar surface area (TPSA) is 98.8 Å². The van der Waals surface area contributed by atoms with Crippen LogP contribution in [-0.4, -0.2) is 48.7 Å². The molecule has 0 unspecified atom stereocenters. The molecule has 0 saturated carbocycles. The molecular formula is C20H20N4O4. The predicted octanol–water partition coefficient (Wildman–Crippen LogP) is 1.70. The number of fused-ring (bicyclic) bond motifs is 1. The number of nitrogens with one attached hydrogen (secondary N) is 2. The van der Waals surface area contributed by atoms with Crippen LogP contribution in [0, 0.1) is 0 Å². The molecule has 144 valence electrons. The lowest BCUT2D eigenvalue weighted by molar-refractivity contribution is -0.121. The van der Waals surface area contributed by atoms with Crippen LogP contribution in [-0.2, 0) is 14.4 Å². The zero-order chi connectivity index (χ0) is 20.3. The molecular weight excluding hydrogens is 360 g/mol. The van der Waals surface area contributed by atoms with E-state index in [4.69, 9.17) is 0 Å². The van der Waals surface area contributed by atoms with Gasteiger partial charge in [0.15, 0.2) is 0 Å². The molecule has 0 aliphatic carbocycles. The SMILES string of the molecule is CC(=O)Nc1ccc(NC(=O)CN2C(=O)CN(C)C(=O)c3ccccc32)cc1. The van der Waals surface area contributed by atoms with Crippen molar-refractivity contribution in [2.24, 2.45) is 0 Å². The van der Waals surface area contributed by atoms with E-state index in [0.717, 1.165) is 0 Å². The van der Waals surface area contributed by atoms with Gasteiger partial charge < -0.3 is 20.4 Å². The Morgan fingerprint density at radius 1 is 0.964 bits per heavy atom. The summed E-state index contributed by atoms with van der Waals surface area (Å²) in [4.78, 5) is 51.2. The van der Waals surface area contributed by atoms with Crippen LogP contribution in [0.5, 0.6) is 0 Å². The first-order valence-corrected chi connectivity index (χ1v) is 8.67. The molecule has 1 aliphatic rings. The standard InChI is InChI=1S/C20H20N4O4/c1-13(25)21-14-7-9-15(10-8-14)22-18(26)11-24-17-6-4-3-5-16(17)20(28)23(2)12-19(24)27/h3-10H,11-12H2,1-2H3,(H,21,25)(H,22,26). The van der Waals surface area contributed by atoms with Crippen LogP contribution in [0.2, 0.25) is 0 Å². The minimum Gasteiger partial charge on any atom is -0.332 e. The van der Waals surface area contributed by atoms with E-state index in [1.54, 1.807) is 55.6 Å². The molecule has 0 atom stereocenters. The average Bonchev–Trinajstić information content (AvgIpc) is 2.74. The minimum atomic E-state index is -0.396. The van der Waals surface area contributed by atoms with Crippen LogP contribution in [0.15, 0.2) is 48.5 Å². The molecule has 0 bridgehead atoms. The maximum absolute atomic E-state index is 12.6. The summed E-state index contributed by atoms with van der Waals surface area (Å²) in [6.45, 7) is 1.09. The molecule has 2 aromatic carbocycles. The van der Waals surface area contributed by atoms with Crippen molar-refractivity contribution in [2.75, 3.05) is 35.7 Å². The highest BCUT2D eigenvalue weighted by Crippen LogP contribution is 2.25. The number of nitrogens with zero attached hydrogens (tertiary/aromatic N) is 2. The van der Waals surface area contributed by atoms with Crippen molar-refractivity contribution < 1.29 is 19.2 Å². The highest BCUT2D eigenvalue weighted by Gasteiger charge is 2.30. The van der Waals surface area contributed by atoms with Gasteiger partial charge in [0.25, 0.3) is 5.91 Å². The molecule has 28 heavy (non-hydrogen) atoms. The second kappa shape index (κ2) is 7.91. The van der Waals surface area contributed by atoms with Crippen LogP contribution in [0.4, 0.5) is 17.1 Å². The first-order chi connectivity index (χ1) is 13.3. The molecule has 0 saturated heterocycles. The molecule has 1 aliphatic heterocycles. The fourth-order valence-corrected chi connectivity index (χ4v) is 2.95. The summed E-state index contributed by atoms with van der Waals surface area (Å²) >= 11 is 0. The van der Waals surface area contributed by atoms with Crippen LogP contribution >= 0.6 is 0 Å². The van der Waals surface area contributed by atoms with Crippen molar-refractivity contribution in [3.63, 3.8) is 0 Å². The van der Waals surface area contributed by atoms with Gasteiger partial charge in [-0.2, -0.15) is 0 Å². The third kappa shape index (κ3) is 4.17. The molecule has 8 nitrogen and oxygen atoms in total. The lowest BCUT2D eigenvalue weighted by Crippen LogP contribution is -2.41. The van der Waals surface area contributed by atoms with Crippen LogP contribution < -0.4 is 15.5 Å². The van der Waals surface area contributed by atoms with Gasteiger partial charge in [0.1, 0.15) is 13.1 Å². The minimum absolute atomic E-state index is 0.105. The molecule has 0 aromatic heterocycles. The Morgan fingerprint density at radius 3 is 2.21 bits per heavy atom. The van der Waals surface area contributed by atoms with Gasteiger partial charge in [-0.25, -0.2) is 0 Å². The van der Waals surface area contributed by atoms with Crippen molar-refractivity contribution in [2.45, 2.75) is 6.92 Å². The van der Waals surface area contributed by atoms with E-state index in [2.05, 4.69) is 10.6 Å². The van der Waals surface area contributed by atoms with Crippen LogP contribution in [0.1, 0.15) is 17.3 Å². The van der Waals surface area contributed by atoms with Crippen molar-refractivity contribution in [3.05, 3.63) is 54.1 Å². The molecule has 4 amide bonds. The van der Waals surface area contributed by atoms with Gasteiger partial charge in [-0.1, -0.05) is 12.1 Å². The largest absolute Gasteiger partial charge is 0.332 e. The van der Waals surface area contributed by atoms with Crippen molar-refractivity contribution >= 4 is 40.7 Å². The van der Waals surface area contributed by atoms with Gasteiger partial charge in [0.2, 0.25) is 17.7 Å². The summed E-state index contributed by atoms with van der Waals surface area (Å²) in [6, 6.07) is 13.4. The maximum Gasteiger partial charge on any atom is 0.256 e. The lowest BCUT2D eigenvalue weighted by atomic mass is 10.1. The number of amides is 4. The van der Waals surface area contributed by atoms with E-state index >= 15 is 0 Å². The highest BCUT2D eigenvalue weighted by atomic mass is 16.2. The van der Waals surface area contributed by atoms with E-state index in [1.807, 2.05) is 0 Å². The van der Waals surface area contributed by atoms with Crippen molar-refractivity contribution in [1.29, 1.82) is 0 Å². The fourth-order valence-electron chi connectivity index (χ4n) is 2.95. The fraction of sp³-hybridized carbons (Fsp3) is 0.200. The number of carbonyl (C=O) groups excluding carboxylic acids is 4. The van der Waals surface area contributed by atoms with Gasteiger partial charge in [0, 0.05) is 25.3 Å². The molecule has 2 aromatic rings. The summed E-state index contributed by atoms with van der Waals surface area (Å²) in [6.07, 6.45) is 0. The van der Waals surface area contributed by atoms with E-state index in [9.17, 15) is 19.2 Å². The number of carbonyl (C=O) groups is 4. The molecule has 0 fully saturated rings. The third-order valence-electron chi connectivity index (χ3n) is 4.24. The number of hydrogen-bond donors (Lipinski definition) is 2. The number of likely N-dealkylation sites (N-methyl/N-ethyl adjacent to an activating group) is 1. The van der Waals surface area contributed by atoms with Gasteiger partial charge in [-0.3, -0.25) is 19.2 Å². The Morgan fingerprint density at radius 2 is 1.57 bits per heavy atom. The average molecular weight is 380 g/mol. The highest BCUT2D eigenvalue weighted by molar-refractivity contribution is 6.12. The first kappa shape index (κ1) is 19.1. The van der Waals surface area contributed by atoms with Gasteiger partial charge in [-0.05, 0) is 36.4 Å². The summed E-state index contributed by atoms with van der Waals surface area (Å²) in [5, 5.41) is 5.36. The zero-order valence-electron chi connectivity index (χ0n) is 15.6. The number of para-hydroxylation sites is 1.